The van der Waals surface area contributed by atoms with Gasteiger partial charge in [0.2, 0.25) is 0 Å². The molecule has 0 aromatic carbocycles. The molecule has 0 atom stereocenters. The molecule has 1 fully saturated rings. The first-order valence-corrected chi connectivity index (χ1v) is 12.9. The van der Waals surface area contributed by atoms with Gasteiger partial charge in [0, 0.05) is 47.7 Å². The summed E-state index contributed by atoms with van der Waals surface area (Å²) >= 11 is 3.23. The number of piperidine rings is 1. The number of aromatic nitrogens is 7. The van der Waals surface area contributed by atoms with Crippen LogP contribution in [0.4, 0.5) is 5.13 Å². The van der Waals surface area contributed by atoms with Gasteiger partial charge in [-0.25, -0.2) is 15.0 Å². The second-order valence-electron chi connectivity index (χ2n) is 10.3. The molecule has 1 saturated heterocycles. The average molecular weight is 494 g/mol. The lowest BCUT2D eigenvalue weighted by Gasteiger charge is -2.48. The molecule has 1 aliphatic heterocycles. The molecule has 0 saturated carbocycles. The van der Waals surface area contributed by atoms with Gasteiger partial charge in [-0.15, -0.1) is 0 Å². The molecule has 0 unspecified atom stereocenters. The van der Waals surface area contributed by atoms with Crippen molar-refractivity contribution in [2.45, 2.75) is 57.7 Å². The van der Waals surface area contributed by atoms with Gasteiger partial charge in [0.05, 0.1) is 18.0 Å². The molecular weight excluding hydrogens is 466 g/mol. The van der Waals surface area contributed by atoms with E-state index in [9.17, 15) is 0 Å². The Bertz CT molecular complexity index is 1430. The van der Waals surface area contributed by atoms with E-state index in [0.29, 0.717) is 6.04 Å². The monoisotopic (exact) mass is 493 g/mol. The quantitative estimate of drug-likeness (QED) is 0.329. The van der Waals surface area contributed by atoms with E-state index in [1.54, 1.807) is 35.2 Å². The number of aromatic amines is 2. The van der Waals surface area contributed by atoms with Gasteiger partial charge in [-0.3, -0.25) is 10.1 Å². The van der Waals surface area contributed by atoms with Crippen LogP contribution in [0.25, 0.3) is 42.5 Å². The summed E-state index contributed by atoms with van der Waals surface area (Å²) in [5.74, 6) is 0. The maximum absolute atomic E-state index is 4.97. The molecular formula is C23H27N9S2. The van der Waals surface area contributed by atoms with Crippen LogP contribution in [-0.2, 0) is 0 Å². The Labute approximate surface area is 205 Å². The van der Waals surface area contributed by atoms with Crippen molar-refractivity contribution >= 4 is 48.5 Å². The van der Waals surface area contributed by atoms with Crippen molar-refractivity contribution in [1.29, 1.82) is 0 Å². The van der Waals surface area contributed by atoms with E-state index in [2.05, 4.69) is 65.1 Å². The van der Waals surface area contributed by atoms with Crippen molar-refractivity contribution < 1.29 is 0 Å². The molecule has 1 aliphatic rings. The molecule has 5 aromatic rings. The van der Waals surface area contributed by atoms with Crippen LogP contribution in [0.3, 0.4) is 0 Å². The van der Waals surface area contributed by atoms with Crippen LogP contribution in [0.2, 0.25) is 0 Å². The Hall–Kier alpha value is -2.89. The summed E-state index contributed by atoms with van der Waals surface area (Å²) in [7, 11) is 2.16. The van der Waals surface area contributed by atoms with E-state index in [4.69, 9.17) is 15.0 Å². The highest BCUT2D eigenvalue weighted by Gasteiger charge is 2.39. The molecule has 0 aliphatic carbocycles. The number of hydrogen-bond acceptors (Lipinski definition) is 9. The van der Waals surface area contributed by atoms with Crippen molar-refractivity contribution in [3.63, 3.8) is 0 Å². The highest BCUT2D eigenvalue weighted by Crippen LogP contribution is 2.40. The number of hydrogen-bond donors (Lipinski definition) is 3. The highest BCUT2D eigenvalue weighted by molar-refractivity contribution is 7.29. The number of rotatable bonds is 4. The molecule has 34 heavy (non-hydrogen) atoms. The number of anilines is 1. The largest absolute Gasteiger partial charge is 0.348 e. The van der Waals surface area contributed by atoms with Crippen LogP contribution >= 0.6 is 22.7 Å². The SMILES string of the molecule is CN(c1nc2sc(-c3ncc(-c4cn[nH]c4)c4nc[nH]c34)nc2s1)C1CC(C)(C)NC(C)(C)C1. The van der Waals surface area contributed by atoms with Crippen LogP contribution in [0.5, 0.6) is 0 Å². The summed E-state index contributed by atoms with van der Waals surface area (Å²) in [5.41, 5.74) is 4.59. The van der Waals surface area contributed by atoms with E-state index < -0.39 is 0 Å². The lowest BCUT2D eigenvalue weighted by atomic mass is 9.79. The Balaban J connectivity index is 1.32. The number of thiazole rings is 2. The summed E-state index contributed by atoms with van der Waals surface area (Å²) in [6.07, 6.45) is 9.30. The molecule has 6 rings (SSSR count). The summed E-state index contributed by atoms with van der Waals surface area (Å²) in [4.78, 5) is 26.6. The van der Waals surface area contributed by atoms with Crippen molar-refractivity contribution in [3.8, 4) is 21.8 Å². The van der Waals surface area contributed by atoms with Gasteiger partial charge < -0.3 is 15.2 Å². The maximum Gasteiger partial charge on any atom is 0.188 e. The zero-order chi connectivity index (χ0) is 23.7. The third-order valence-electron chi connectivity index (χ3n) is 6.45. The van der Waals surface area contributed by atoms with Gasteiger partial charge in [-0.1, -0.05) is 22.7 Å². The second-order valence-corrected chi connectivity index (χ2v) is 12.3. The minimum absolute atomic E-state index is 0.0878. The molecule has 5 aromatic heterocycles. The number of H-pyrrole nitrogens is 2. The number of pyridine rings is 1. The van der Waals surface area contributed by atoms with E-state index in [1.807, 2.05) is 12.4 Å². The smallest absolute Gasteiger partial charge is 0.188 e. The first kappa shape index (κ1) is 21.6. The minimum atomic E-state index is 0.0878. The van der Waals surface area contributed by atoms with E-state index in [1.165, 1.54) is 0 Å². The summed E-state index contributed by atoms with van der Waals surface area (Å²) in [6, 6.07) is 0.424. The third-order valence-corrected chi connectivity index (χ3v) is 8.57. The number of nitrogens with one attached hydrogen (secondary N) is 3. The molecule has 0 spiro atoms. The maximum atomic E-state index is 4.97. The lowest BCUT2D eigenvalue weighted by molar-refractivity contribution is 0.161. The topological polar surface area (TPSA) is 111 Å². The fourth-order valence-electron chi connectivity index (χ4n) is 5.29. The average Bonchev–Trinajstić information content (AvgIpc) is 3.53. The van der Waals surface area contributed by atoms with Crippen LogP contribution in [0, 0.1) is 0 Å². The Kier molecular flexibility index (Phi) is 4.81. The second kappa shape index (κ2) is 7.56. The lowest BCUT2D eigenvalue weighted by Crippen LogP contribution is -2.61. The first-order valence-electron chi connectivity index (χ1n) is 11.3. The van der Waals surface area contributed by atoms with E-state index >= 15 is 0 Å². The molecule has 176 valence electrons. The summed E-state index contributed by atoms with van der Waals surface area (Å²) < 4.78 is 0. The van der Waals surface area contributed by atoms with Crippen LogP contribution in [0.1, 0.15) is 40.5 Å². The van der Waals surface area contributed by atoms with Crippen molar-refractivity contribution in [2.75, 3.05) is 11.9 Å². The van der Waals surface area contributed by atoms with Crippen LogP contribution in [0.15, 0.2) is 24.9 Å². The Morgan fingerprint density at radius 3 is 2.47 bits per heavy atom. The van der Waals surface area contributed by atoms with Gasteiger partial charge in [-0.05, 0) is 40.5 Å². The zero-order valence-electron chi connectivity index (χ0n) is 19.8. The Morgan fingerprint density at radius 2 is 1.76 bits per heavy atom. The molecule has 0 bridgehead atoms. The molecule has 6 heterocycles. The van der Waals surface area contributed by atoms with E-state index in [0.717, 1.165) is 60.5 Å². The first-order chi connectivity index (χ1) is 16.2. The molecule has 11 heteroatoms. The zero-order valence-corrected chi connectivity index (χ0v) is 21.4. The fraction of sp³-hybridized carbons (Fsp3) is 0.435. The molecule has 0 radical (unpaired) electrons. The van der Waals surface area contributed by atoms with Gasteiger partial charge in [0.1, 0.15) is 16.2 Å². The fourth-order valence-corrected chi connectivity index (χ4v) is 7.36. The van der Waals surface area contributed by atoms with Gasteiger partial charge in [0.25, 0.3) is 0 Å². The number of fused-ring (bicyclic) bond motifs is 2. The predicted molar refractivity (Wildman–Crippen MR) is 138 cm³/mol. The van der Waals surface area contributed by atoms with E-state index in [-0.39, 0.29) is 11.1 Å². The van der Waals surface area contributed by atoms with Crippen LogP contribution in [-0.4, -0.2) is 59.3 Å². The standard InChI is InChI=1S/C23H27N9S2/c1-22(2)6-13(7-23(3,4)31-22)32(5)21-30-20-19(34-21)29-18(33-20)17-16-15(25-11-26-16)14(10-24-17)12-8-27-28-9-12/h8-11,13,31H,6-7H2,1-5H3,(H,25,26)(H,27,28). The molecule has 0 amide bonds. The normalized spacial score (nSPS) is 18.1. The van der Waals surface area contributed by atoms with Crippen molar-refractivity contribution in [3.05, 3.63) is 24.9 Å². The van der Waals surface area contributed by atoms with Gasteiger partial charge in [-0.2, -0.15) is 5.10 Å². The Morgan fingerprint density at radius 1 is 1.00 bits per heavy atom. The predicted octanol–water partition coefficient (Wildman–Crippen LogP) is 4.83. The minimum Gasteiger partial charge on any atom is -0.348 e. The number of nitrogens with zero attached hydrogens (tertiary/aromatic N) is 6. The van der Waals surface area contributed by atoms with Gasteiger partial charge >= 0.3 is 0 Å². The van der Waals surface area contributed by atoms with Crippen LogP contribution < -0.4 is 10.2 Å². The highest BCUT2D eigenvalue weighted by atomic mass is 32.1. The number of imidazole rings is 1. The van der Waals surface area contributed by atoms with Gasteiger partial charge in [0.15, 0.2) is 14.8 Å². The van der Waals surface area contributed by atoms with Crippen molar-refractivity contribution in [1.82, 2.24) is 40.4 Å². The van der Waals surface area contributed by atoms with Crippen molar-refractivity contribution in [2.24, 2.45) is 0 Å². The molecule has 9 nitrogen and oxygen atoms in total. The summed E-state index contributed by atoms with van der Waals surface area (Å²) in [6.45, 7) is 9.13. The molecule has 3 N–H and O–H groups in total. The summed E-state index contributed by atoms with van der Waals surface area (Å²) in [5, 5.41) is 12.5. The third kappa shape index (κ3) is 3.68.